The van der Waals surface area contributed by atoms with Crippen LogP contribution in [-0.4, -0.2) is 61.7 Å². The van der Waals surface area contributed by atoms with Gasteiger partial charge in [-0.3, -0.25) is 4.90 Å². The molecule has 0 bridgehead atoms. The Morgan fingerprint density at radius 3 is 2.33 bits per heavy atom. The van der Waals surface area contributed by atoms with Gasteiger partial charge in [-0.15, -0.1) is 0 Å². The molecule has 0 radical (unpaired) electrons. The third kappa shape index (κ3) is 3.16. The van der Waals surface area contributed by atoms with E-state index >= 15 is 0 Å². The zero-order valence-electron chi connectivity index (χ0n) is 10.3. The predicted molar refractivity (Wildman–Crippen MR) is 64.2 cm³/mol. The zero-order valence-corrected chi connectivity index (χ0v) is 10.3. The summed E-state index contributed by atoms with van der Waals surface area (Å²) in [7, 11) is 2.21. The molecule has 1 saturated heterocycles. The minimum absolute atomic E-state index is 0.479. The van der Waals surface area contributed by atoms with Crippen LogP contribution in [0.2, 0.25) is 0 Å². The molecule has 88 valence electrons. The van der Waals surface area contributed by atoms with Gasteiger partial charge in [-0.25, -0.2) is 0 Å². The van der Waals surface area contributed by atoms with Crippen molar-refractivity contribution in [2.45, 2.75) is 31.7 Å². The second kappa shape index (κ2) is 4.81. The van der Waals surface area contributed by atoms with Crippen molar-refractivity contribution >= 4 is 0 Å². The molecule has 1 aliphatic carbocycles. The summed E-state index contributed by atoms with van der Waals surface area (Å²) < 4.78 is 0. The molecular formula is C12H25N3. The number of hydrogen-bond donors (Lipinski definition) is 1. The van der Waals surface area contributed by atoms with E-state index in [4.69, 9.17) is 0 Å². The van der Waals surface area contributed by atoms with Crippen LogP contribution < -0.4 is 5.32 Å². The first-order valence-corrected chi connectivity index (χ1v) is 6.34. The Balaban J connectivity index is 1.57. The van der Waals surface area contributed by atoms with Crippen LogP contribution in [0.3, 0.4) is 0 Å². The third-order valence-electron chi connectivity index (χ3n) is 4.03. The van der Waals surface area contributed by atoms with Gasteiger partial charge in [-0.2, -0.15) is 0 Å². The average molecular weight is 211 g/mol. The SMILES string of the molecule is CN1CCN(CCNC2(C)CCC2)CC1. The number of hydrogen-bond acceptors (Lipinski definition) is 3. The number of nitrogens with zero attached hydrogens (tertiary/aromatic N) is 2. The number of likely N-dealkylation sites (N-methyl/N-ethyl adjacent to an activating group) is 1. The molecule has 1 saturated carbocycles. The number of nitrogens with one attached hydrogen (secondary N) is 1. The summed E-state index contributed by atoms with van der Waals surface area (Å²) in [4.78, 5) is 4.99. The Morgan fingerprint density at radius 2 is 1.80 bits per heavy atom. The molecule has 2 fully saturated rings. The molecule has 0 amide bonds. The van der Waals surface area contributed by atoms with Gasteiger partial charge in [-0.1, -0.05) is 0 Å². The van der Waals surface area contributed by atoms with Gasteiger partial charge < -0.3 is 10.2 Å². The van der Waals surface area contributed by atoms with Gasteiger partial charge in [0, 0.05) is 44.8 Å². The van der Waals surface area contributed by atoms with E-state index < -0.39 is 0 Å². The average Bonchev–Trinajstić information content (AvgIpc) is 2.19. The first kappa shape index (κ1) is 11.4. The van der Waals surface area contributed by atoms with Crippen LogP contribution in [0.1, 0.15) is 26.2 Å². The van der Waals surface area contributed by atoms with Gasteiger partial charge >= 0.3 is 0 Å². The van der Waals surface area contributed by atoms with Crippen molar-refractivity contribution in [2.24, 2.45) is 0 Å². The van der Waals surface area contributed by atoms with Crippen LogP contribution in [-0.2, 0) is 0 Å². The van der Waals surface area contributed by atoms with Crippen molar-refractivity contribution in [3.63, 3.8) is 0 Å². The molecule has 0 unspecified atom stereocenters. The maximum absolute atomic E-state index is 3.70. The molecule has 3 heteroatoms. The normalized spacial score (nSPS) is 27.6. The van der Waals surface area contributed by atoms with Crippen LogP contribution in [0.5, 0.6) is 0 Å². The Kier molecular flexibility index (Phi) is 3.65. The zero-order chi connectivity index (χ0) is 10.7. The van der Waals surface area contributed by atoms with Crippen molar-refractivity contribution < 1.29 is 0 Å². The van der Waals surface area contributed by atoms with Gasteiger partial charge in [0.05, 0.1) is 0 Å². The van der Waals surface area contributed by atoms with Crippen molar-refractivity contribution in [2.75, 3.05) is 46.3 Å². The first-order valence-electron chi connectivity index (χ1n) is 6.34. The Morgan fingerprint density at radius 1 is 1.13 bits per heavy atom. The van der Waals surface area contributed by atoms with Crippen LogP contribution in [0, 0.1) is 0 Å². The molecule has 2 rings (SSSR count). The fourth-order valence-corrected chi connectivity index (χ4v) is 2.47. The summed E-state index contributed by atoms with van der Waals surface area (Å²) in [5, 5.41) is 3.70. The minimum atomic E-state index is 0.479. The Labute approximate surface area is 93.8 Å². The van der Waals surface area contributed by atoms with Crippen LogP contribution in [0.4, 0.5) is 0 Å². The smallest absolute Gasteiger partial charge is 0.0153 e. The van der Waals surface area contributed by atoms with E-state index in [0.29, 0.717) is 5.54 Å². The van der Waals surface area contributed by atoms with Crippen LogP contribution in [0.15, 0.2) is 0 Å². The highest BCUT2D eigenvalue weighted by molar-refractivity contribution is 4.91. The second-order valence-corrected chi connectivity index (χ2v) is 5.49. The molecule has 2 aliphatic rings. The predicted octanol–water partition coefficient (Wildman–Crippen LogP) is 0.766. The second-order valence-electron chi connectivity index (χ2n) is 5.49. The molecule has 1 N–H and O–H groups in total. The highest BCUT2D eigenvalue weighted by Crippen LogP contribution is 2.30. The lowest BCUT2D eigenvalue weighted by Gasteiger charge is -2.40. The summed E-state index contributed by atoms with van der Waals surface area (Å²) in [6, 6.07) is 0. The fraction of sp³-hybridized carbons (Fsp3) is 1.00. The van der Waals surface area contributed by atoms with E-state index in [0.717, 1.165) is 0 Å². The maximum Gasteiger partial charge on any atom is 0.0153 e. The molecule has 1 heterocycles. The van der Waals surface area contributed by atoms with Gasteiger partial charge in [0.1, 0.15) is 0 Å². The summed E-state index contributed by atoms with van der Waals surface area (Å²) in [5.74, 6) is 0. The molecule has 1 aliphatic heterocycles. The lowest BCUT2D eigenvalue weighted by molar-refractivity contribution is 0.141. The minimum Gasteiger partial charge on any atom is -0.310 e. The van der Waals surface area contributed by atoms with Gasteiger partial charge in [-0.05, 0) is 33.2 Å². The molecule has 0 aromatic heterocycles. The highest BCUT2D eigenvalue weighted by atomic mass is 15.2. The van der Waals surface area contributed by atoms with Crippen LogP contribution >= 0.6 is 0 Å². The lowest BCUT2D eigenvalue weighted by atomic mass is 9.78. The summed E-state index contributed by atoms with van der Waals surface area (Å²) in [6.45, 7) is 9.71. The standard InChI is InChI=1S/C12H25N3/c1-12(4-3-5-12)13-6-7-15-10-8-14(2)9-11-15/h13H,3-11H2,1-2H3. The molecule has 0 spiro atoms. The van der Waals surface area contributed by atoms with Crippen molar-refractivity contribution in [3.05, 3.63) is 0 Å². The number of rotatable bonds is 4. The largest absolute Gasteiger partial charge is 0.310 e. The van der Waals surface area contributed by atoms with E-state index in [2.05, 4.69) is 29.1 Å². The van der Waals surface area contributed by atoms with E-state index in [-0.39, 0.29) is 0 Å². The maximum atomic E-state index is 3.70. The van der Waals surface area contributed by atoms with Gasteiger partial charge in [0.15, 0.2) is 0 Å². The van der Waals surface area contributed by atoms with Crippen LogP contribution in [0.25, 0.3) is 0 Å². The lowest BCUT2D eigenvalue weighted by Crippen LogP contribution is -2.52. The summed E-state index contributed by atoms with van der Waals surface area (Å²) in [6.07, 6.45) is 4.16. The quantitative estimate of drug-likeness (QED) is 0.741. The molecule has 15 heavy (non-hydrogen) atoms. The topological polar surface area (TPSA) is 18.5 Å². The van der Waals surface area contributed by atoms with Crippen molar-refractivity contribution in [1.82, 2.24) is 15.1 Å². The van der Waals surface area contributed by atoms with E-state index in [1.54, 1.807) is 0 Å². The van der Waals surface area contributed by atoms with Crippen molar-refractivity contribution in [1.29, 1.82) is 0 Å². The highest BCUT2D eigenvalue weighted by Gasteiger charge is 2.30. The fourth-order valence-electron chi connectivity index (χ4n) is 2.47. The van der Waals surface area contributed by atoms with Gasteiger partial charge in [0.2, 0.25) is 0 Å². The van der Waals surface area contributed by atoms with Gasteiger partial charge in [0.25, 0.3) is 0 Å². The Hall–Kier alpha value is -0.120. The monoisotopic (exact) mass is 211 g/mol. The summed E-state index contributed by atoms with van der Waals surface area (Å²) in [5.41, 5.74) is 0.479. The molecule has 3 nitrogen and oxygen atoms in total. The van der Waals surface area contributed by atoms with E-state index in [1.807, 2.05) is 0 Å². The molecule has 0 aromatic carbocycles. The summed E-state index contributed by atoms with van der Waals surface area (Å²) >= 11 is 0. The molecule has 0 aromatic rings. The van der Waals surface area contributed by atoms with E-state index in [9.17, 15) is 0 Å². The van der Waals surface area contributed by atoms with E-state index in [1.165, 1.54) is 58.5 Å². The first-order chi connectivity index (χ1) is 7.18. The third-order valence-corrected chi connectivity index (χ3v) is 4.03. The molecular weight excluding hydrogens is 186 g/mol. The number of piperazine rings is 1. The Bertz CT molecular complexity index is 193. The van der Waals surface area contributed by atoms with Crippen molar-refractivity contribution in [3.8, 4) is 0 Å². The molecule has 0 atom stereocenters.